The molecular formula is C25H31Cl2N3O2. The van der Waals surface area contributed by atoms with Crippen LogP contribution in [0.3, 0.4) is 0 Å². The van der Waals surface area contributed by atoms with Crippen LogP contribution in [0.5, 0.6) is 0 Å². The Kier molecular flexibility index (Phi) is 8.21. The number of amides is 2. The van der Waals surface area contributed by atoms with Crippen LogP contribution in [0.15, 0.2) is 42.5 Å². The van der Waals surface area contributed by atoms with Crippen LogP contribution in [0, 0.1) is 5.92 Å². The summed E-state index contributed by atoms with van der Waals surface area (Å²) < 4.78 is 0. The Balaban J connectivity index is 1.50. The van der Waals surface area contributed by atoms with Gasteiger partial charge in [0.15, 0.2) is 0 Å². The molecule has 1 saturated heterocycles. The van der Waals surface area contributed by atoms with Gasteiger partial charge in [0.2, 0.25) is 5.91 Å². The fourth-order valence-electron chi connectivity index (χ4n) is 3.90. The van der Waals surface area contributed by atoms with E-state index in [0.717, 1.165) is 37.1 Å². The third kappa shape index (κ3) is 6.96. The minimum Gasteiger partial charge on any atom is -0.352 e. The second-order valence-corrected chi connectivity index (χ2v) is 10.2. The van der Waals surface area contributed by atoms with Crippen LogP contribution in [0.4, 0.5) is 0 Å². The molecule has 0 atom stereocenters. The van der Waals surface area contributed by atoms with Crippen LogP contribution < -0.4 is 10.6 Å². The van der Waals surface area contributed by atoms with Gasteiger partial charge in [0.05, 0.1) is 16.6 Å². The number of carbonyl (C=O) groups excluding carboxylic acids is 2. The highest BCUT2D eigenvalue weighted by molar-refractivity contribution is 6.43. The summed E-state index contributed by atoms with van der Waals surface area (Å²) in [6, 6.07) is 12.9. The zero-order valence-electron chi connectivity index (χ0n) is 18.9. The number of hydrogen-bond donors (Lipinski definition) is 2. The van der Waals surface area contributed by atoms with Crippen LogP contribution in [-0.4, -0.2) is 48.4 Å². The number of carbonyl (C=O) groups is 2. The topological polar surface area (TPSA) is 61.4 Å². The molecule has 2 N–H and O–H groups in total. The number of halogens is 2. The number of hydrogen-bond acceptors (Lipinski definition) is 3. The lowest BCUT2D eigenvalue weighted by Crippen LogP contribution is -2.48. The van der Waals surface area contributed by atoms with Gasteiger partial charge in [-0.25, -0.2) is 0 Å². The summed E-state index contributed by atoms with van der Waals surface area (Å²) in [7, 11) is 0. The van der Waals surface area contributed by atoms with E-state index in [-0.39, 0.29) is 17.4 Å². The summed E-state index contributed by atoms with van der Waals surface area (Å²) >= 11 is 12.5. The summed E-state index contributed by atoms with van der Waals surface area (Å²) in [5.41, 5.74) is 2.04. The van der Waals surface area contributed by atoms with Crippen molar-refractivity contribution in [2.75, 3.05) is 26.2 Å². The Morgan fingerprint density at radius 3 is 2.44 bits per heavy atom. The molecule has 2 aromatic rings. The molecule has 1 heterocycles. The molecule has 3 rings (SSSR count). The monoisotopic (exact) mass is 475 g/mol. The van der Waals surface area contributed by atoms with Gasteiger partial charge in [0.1, 0.15) is 0 Å². The fraction of sp³-hybridized carbons (Fsp3) is 0.440. The van der Waals surface area contributed by atoms with Crippen molar-refractivity contribution in [3.8, 4) is 11.1 Å². The van der Waals surface area contributed by atoms with E-state index in [0.29, 0.717) is 34.6 Å². The summed E-state index contributed by atoms with van der Waals surface area (Å²) in [6.45, 7) is 8.73. The van der Waals surface area contributed by atoms with Crippen molar-refractivity contribution in [3.63, 3.8) is 0 Å². The van der Waals surface area contributed by atoms with Crippen molar-refractivity contribution in [2.24, 2.45) is 5.92 Å². The average Bonchev–Trinajstić information content (AvgIpc) is 2.73. The molecule has 0 aromatic heterocycles. The third-order valence-corrected chi connectivity index (χ3v) is 6.35. The first kappa shape index (κ1) is 24.6. The Bertz CT molecular complexity index is 964. The van der Waals surface area contributed by atoms with Crippen molar-refractivity contribution in [2.45, 2.75) is 39.2 Å². The maximum absolute atomic E-state index is 12.7. The number of nitrogens with zero attached hydrogens (tertiary/aromatic N) is 1. The molecule has 7 heteroatoms. The number of likely N-dealkylation sites (tertiary alicyclic amines) is 1. The molecule has 1 aliphatic rings. The van der Waals surface area contributed by atoms with Crippen molar-refractivity contribution in [1.82, 2.24) is 15.5 Å². The van der Waals surface area contributed by atoms with Gasteiger partial charge in [-0.05, 0) is 76.4 Å². The predicted octanol–water partition coefficient (Wildman–Crippen LogP) is 5.02. The van der Waals surface area contributed by atoms with Gasteiger partial charge < -0.3 is 10.6 Å². The molecule has 32 heavy (non-hydrogen) atoms. The predicted molar refractivity (Wildman–Crippen MR) is 131 cm³/mol. The van der Waals surface area contributed by atoms with E-state index >= 15 is 0 Å². The number of piperidine rings is 1. The molecule has 0 spiro atoms. The first-order valence-electron chi connectivity index (χ1n) is 11.0. The summed E-state index contributed by atoms with van der Waals surface area (Å²) in [5, 5.41) is 7.04. The molecule has 0 saturated carbocycles. The minimum absolute atomic E-state index is 0.0592. The normalized spacial score (nSPS) is 15.4. The third-order valence-electron chi connectivity index (χ3n) is 5.53. The lowest BCUT2D eigenvalue weighted by Gasteiger charge is -2.32. The maximum atomic E-state index is 12.7. The van der Waals surface area contributed by atoms with Crippen molar-refractivity contribution in [3.05, 3.63) is 58.1 Å². The van der Waals surface area contributed by atoms with E-state index < -0.39 is 0 Å². The largest absolute Gasteiger partial charge is 0.352 e. The van der Waals surface area contributed by atoms with E-state index in [1.807, 2.05) is 51.1 Å². The van der Waals surface area contributed by atoms with Gasteiger partial charge in [-0.1, -0.05) is 47.5 Å². The van der Waals surface area contributed by atoms with E-state index in [4.69, 9.17) is 23.2 Å². The molecule has 2 aromatic carbocycles. The molecule has 172 valence electrons. The summed E-state index contributed by atoms with van der Waals surface area (Å²) in [5.74, 6) is 0.368. The average molecular weight is 476 g/mol. The highest BCUT2D eigenvalue weighted by Crippen LogP contribution is 2.33. The smallest absolute Gasteiger partial charge is 0.251 e. The van der Waals surface area contributed by atoms with Crippen molar-refractivity contribution >= 4 is 35.0 Å². The second kappa shape index (κ2) is 10.7. The van der Waals surface area contributed by atoms with E-state index in [1.165, 1.54) is 0 Å². The number of rotatable bonds is 6. The van der Waals surface area contributed by atoms with E-state index in [2.05, 4.69) is 15.5 Å². The first-order valence-corrected chi connectivity index (χ1v) is 11.7. The SMILES string of the molecule is CC(C)(C)NC(=O)CN1CCC(CNC(=O)c2cccc(-c3cccc(Cl)c3Cl)c2)CC1. The van der Waals surface area contributed by atoms with Crippen LogP contribution in [0.25, 0.3) is 11.1 Å². The Morgan fingerprint density at radius 2 is 1.75 bits per heavy atom. The molecule has 5 nitrogen and oxygen atoms in total. The van der Waals surface area contributed by atoms with Crippen LogP contribution in [0.1, 0.15) is 44.0 Å². The van der Waals surface area contributed by atoms with Gasteiger partial charge in [0, 0.05) is 23.2 Å². The zero-order valence-corrected chi connectivity index (χ0v) is 20.4. The highest BCUT2D eigenvalue weighted by atomic mass is 35.5. The second-order valence-electron chi connectivity index (χ2n) is 9.41. The molecule has 0 bridgehead atoms. The van der Waals surface area contributed by atoms with Gasteiger partial charge in [-0.15, -0.1) is 0 Å². The summed E-state index contributed by atoms with van der Waals surface area (Å²) in [4.78, 5) is 27.0. The van der Waals surface area contributed by atoms with Crippen LogP contribution in [-0.2, 0) is 4.79 Å². The Labute approximate surface area is 200 Å². The fourth-order valence-corrected chi connectivity index (χ4v) is 4.31. The molecule has 1 fully saturated rings. The lowest BCUT2D eigenvalue weighted by atomic mass is 9.96. The highest BCUT2D eigenvalue weighted by Gasteiger charge is 2.23. The van der Waals surface area contributed by atoms with Crippen molar-refractivity contribution < 1.29 is 9.59 Å². The lowest BCUT2D eigenvalue weighted by molar-refractivity contribution is -0.124. The molecule has 1 aliphatic heterocycles. The Hall–Kier alpha value is -2.08. The van der Waals surface area contributed by atoms with Gasteiger partial charge in [0.25, 0.3) is 5.91 Å². The summed E-state index contributed by atoms with van der Waals surface area (Å²) in [6.07, 6.45) is 1.92. The number of nitrogens with one attached hydrogen (secondary N) is 2. The zero-order chi connectivity index (χ0) is 23.3. The van der Waals surface area contributed by atoms with E-state index in [1.54, 1.807) is 12.1 Å². The first-order chi connectivity index (χ1) is 15.1. The molecule has 0 radical (unpaired) electrons. The van der Waals surface area contributed by atoms with Crippen molar-refractivity contribution in [1.29, 1.82) is 0 Å². The van der Waals surface area contributed by atoms with E-state index in [9.17, 15) is 9.59 Å². The Morgan fingerprint density at radius 1 is 1.06 bits per heavy atom. The maximum Gasteiger partial charge on any atom is 0.251 e. The molecule has 0 aliphatic carbocycles. The van der Waals surface area contributed by atoms with Gasteiger partial charge in [-0.3, -0.25) is 14.5 Å². The van der Waals surface area contributed by atoms with Crippen LogP contribution in [0.2, 0.25) is 10.0 Å². The molecule has 0 unspecified atom stereocenters. The van der Waals surface area contributed by atoms with Gasteiger partial charge >= 0.3 is 0 Å². The molecular weight excluding hydrogens is 445 g/mol. The van der Waals surface area contributed by atoms with Gasteiger partial charge in [-0.2, -0.15) is 0 Å². The van der Waals surface area contributed by atoms with Crippen LogP contribution >= 0.6 is 23.2 Å². The standard InChI is InChI=1S/C25H31Cl2N3O2/c1-25(2,3)29-22(31)16-30-12-10-17(11-13-30)15-28-24(32)19-7-4-6-18(14-19)20-8-5-9-21(26)23(20)27/h4-9,14,17H,10-13,15-16H2,1-3H3,(H,28,32)(H,29,31). The minimum atomic E-state index is -0.213. The quantitative estimate of drug-likeness (QED) is 0.616. The number of benzene rings is 2. The molecule has 2 amide bonds.